The van der Waals surface area contributed by atoms with Crippen molar-refractivity contribution in [2.24, 2.45) is 0 Å². The number of esters is 1. The Morgan fingerprint density at radius 3 is 2.95 bits per heavy atom. The topological polar surface area (TPSA) is 44.8 Å². The van der Waals surface area contributed by atoms with Gasteiger partial charge in [-0.1, -0.05) is 28.1 Å². The van der Waals surface area contributed by atoms with Crippen molar-refractivity contribution >= 4 is 21.9 Å². The number of rotatable bonds is 1. The highest BCUT2D eigenvalue weighted by atomic mass is 79.9. The fraction of sp³-hybridized carbons (Fsp3) is 0.357. The van der Waals surface area contributed by atoms with Gasteiger partial charge in [-0.15, -0.1) is 0 Å². The molecule has 0 N–H and O–H groups in total. The van der Waals surface area contributed by atoms with Crippen LogP contribution in [-0.2, 0) is 9.53 Å². The zero-order chi connectivity index (χ0) is 13.0. The average Bonchev–Trinajstić information content (AvgIpc) is 2.87. The van der Waals surface area contributed by atoms with Crippen molar-refractivity contribution in [1.29, 1.82) is 0 Å². The lowest BCUT2D eigenvalue weighted by Gasteiger charge is -2.42. The van der Waals surface area contributed by atoms with Crippen LogP contribution in [0.15, 0.2) is 30.4 Å². The Bertz CT molecular complexity index is 597. The average molecular weight is 323 g/mol. The van der Waals surface area contributed by atoms with E-state index in [1.165, 1.54) is 0 Å². The zero-order valence-electron chi connectivity index (χ0n) is 9.97. The van der Waals surface area contributed by atoms with E-state index in [0.717, 1.165) is 23.5 Å². The second kappa shape index (κ2) is 3.76. The van der Waals surface area contributed by atoms with Gasteiger partial charge in [-0.2, -0.15) is 0 Å². The minimum absolute atomic E-state index is 0.0539. The third kappa shape index (κ3) is 1.54. The second-order valence-corrected chi connectivity index (χ2v) is 6.28. The van der Waals surface area contributed by atoms with Gasteiger partial charge in [0, 0.05) is 5.92 Å². The van der Waals surface area contributed by atoms with Crippen molar-refractivity contribution in [2.75, 3.05) is 6.79 Å². The maximum atomic E-state index is 12.0. The summed E-state index contributed by atoms with van der Waals surface area (Å²) in [6.45, 7) is 0.257. The van der Waals surface area contributed by atoms with Crippen LogP contribution in [0.25, 0.3) is 0 Å². The first-order chi connectivity index (χ1) is 9.17. The maximum Gasteiger partial charge on any atom is 0.328 e. The molecular weight excluding hydrogens is 312 g/mol. The predicted molar refractivity (Wildman–Crippen MR) is 70.6 cm³/mol. The van der Waals surface area contributed by atoms with Crippen LogP contribution in [0.2, 0.25) is 0 Å². The van der Waals surface area contributed by atoms with Crippen LogP contribution in [0.3, 0.4) is 0 Å². The Hall–Kier alpha value is -1.49. The number of fused-ring (bicyclic) bond motifs is 3. The summed E-state index contributed by atoms with van der Waals surface area (Å²) in [5.74, 6) is 1.34. The highest BCUT2D eigenvalue weighted by Gasteiger charge is 2.52. The van der Waals surface area contributed by atoms with E-state index in [1.807, 2.05) is 30.4 Å². The van der Waals surface area contributed by atoms with Gasteiger partial charge in [0.05, 0.1) is 0 Å². The predicted octanol–water partition coefficient (Wildman–Crippen LogP) is 2.52. The van der Waals surface area contributed by atoms with E-state index in [4.69, 9.17) is 14.2 Å². The molecule has 3 heterocycles. The monoisotopic (exact) mass is 322 g/mol. The molecule has 2 bridgehead atoms. The number of ether oxygens (including phenoxy) is 3. The summed E-state index contributed by atoms with van der Waals surface area (Å²) in [5, 5.41) is 0. The molecule has 0 amide bonds. The summed E-state index contributed by atoms with van der Waals surface area (Å²) in [6, 6.07) is 5.84. The Morgan fingerprint density at radius 2 is 2.11 bits per heavy atom. The number of alkyl halides is 1. The van der Waals surface area contributed by atoms with Crippen molar-refractivity contribution in [3.8, 4) is 11.5 Å². The summed E-state index contributed by atoms with van der Waals surface area (Å²) >= 11 is 3.55. The molecule has 0 spiro atoms. The molecule has 1 aromatic rings. The first kappa shape index (κ1) is 11.3. The van der Waals surface area contributed by atoms with E-state index in [-0.39, 0.29) is 24.8 Å². The lowest BCUT2D eigenvalue weighted by molar-refractivity contribution is -0.155. The summed E-state index contributed by atoms with van der Waals surface area (Å²) in [4.78, 5) is 12.0. The van der Waals surface area contributed by atoms with Crippen LogP contribution in [0, 0.1) is 0 Å². The van der Waals surface area contributed by atoms with E-state index in [0.29, 0.717) is 0 Å². The summed E-state index contributed by atoms with van der Waals surface area (Å²) < 4.78 is 15.3. The molecule has 5 heteroatoms. The molecule has 1 aliphatic carbocycles. The molecule has 4 nitrogen and oxygen atoms in total. The van der Waals surface area contributed by atoms with Crippen molar-refractivity contribution in [1.82, 2.24) is 0 Å². The van der Waals surface area contributed by atoms with Gasteiger partial charge in [-0.25, -0.2) is 0 Å². The number of benzene rings is 1. The minimum Gasteiger partial charge on any atom is -0.457 e. The van der Waals surface area contributed by atoms with Gasteiger partial charge in [0.2, 0.25) is 6.79 Å². The molecule has 0 saturated carbocycles. The summed E-state index contributed by atoms with van der Waals surface area (Å²) in [6.07, 6.45) is 4.51. The van der Waals surface area contributed by atoms with Crippen molar-refractivity contribution < 1.29 is 19.0 Å². The van der Waals surface area contributed by atoms with Gasteiger partial charge >= 0.3 is 5.97 Å². The normalized spacial score (nSPS) is 34.5. The highest BCUT2D eigenvalue weighted by molar-refractivity contribution is 9.10. The number of halogens is 1. The zero-order valence-corrected chi connectivity index (χ0v) is 11.6. The molecule has 19 heavy (non-hydrogen) atoms. The molecule has 1 fully saturated rings. The second-order valence-electron chi connectivity index (χ2n) is 4.97. The molecule has 3 aliphatic heterocycles. The number of hydrogen-bond donors (Lipinski definition) is 0. The molecule has 2 unspecified atom stereocenters. The van der Waals surface area contributed by atoms with Gasteiger partial charge in [0.25, 0.3) is 0 Å². The van der Waals surface area contributed by atoms with Crippen LogP contribution >= 0.6 is 15.9 Å². The number of carbonyl (C=O) groups excluding carboxylic acids is 1. The van der Waals surface area contributed by atoms with Gasteiger partial charge < -0.3 is 14.2 Å². The number of hydrogen-bond acceptors (Lipinski definition) is 4. The first-order valence-electron chi connectivity index (χ1n) is 6.16. The quantitative estimate of drug-likeness (QED) is 0.453. The minimum atomic E-state index is -0.755. The van der Waals surface area contributed by atoms with E-state index in [9.17, 15) is 4.79 Å². The Labute approximate surface area is 118 Å². The van der Waals surface area contributed by atoms with Crippen LogP contribution in [-0.4, -0.2) is 23.2 Å². The van der Waals surface area contributed by atoms with Gasteiger partial charge in [0.15, 0.2) is 11.5 Å². The molecular formula is C14H11BrO4. The van der Waals surface area contributed by atoms with E-state index in [1.54, 1.807) is 0 Å². The lowest BCUT2D eigenvalue weighted by Crippen LogP contribution is -2.49. The van der Waals surface area contributed by atoms with Gasteiger partial charge in [0.1, 0.15) is 10.4 Å². The van der Waals surface area contributed by atoms with Crippen LogP contribution in [0.4, 0.5) is 0 Å². The third-order valence-corrected chi connectivity index (χ3v) is 5.04. The van der Waals surface area contributed by atoms with Crippen LogP contribution in [0.5, 0.6) is 11.5 Å². The molecule has 0 radical (unpaired) electrons. The van der Waals surface area contributed by atoms with Gasteiger partial charge in [-0.05, 0) is 30.2 Å². The highest BCUT2D eigenvalue weighted by Crippen LogP contribution is 2.50. The third-order valence-electron chi connectivity index (χ3n) is 3.90. The van der Waals surface area contributed by atoms with E-state index in [2.05, 4.69) is 15.9 Å². The molecule has 3 atom stereocenters. The Morgan fingerprint density at radius 1 is 1.26 bits per heavy atom. The lowest BCUT2D eigenvalue weighted by atomic mass is 9.76. The van der Waals surface area contributed by atoms with Crippen molar-refractivity contribution in [3.63, 3.8) is 0 Å². The number of carbonyl (C=O) groups is 1. The molecule has 0 aromatic heterocycles. The molecule has 1 saturated heterocycles. The Kier molecular flexibility index (Phi) is 2.24. The molecule has 98 valence electrons. The molecule has 1 aromatic carbocycles. The maximum absolute atomic E-state index is 12.0. The Balaban J connectivity index is 1.77. The van der Waals surface area contributed by atoms with Gasteiger partial charge in [-0.3, -0.25) is 4.79 Å². The fourth-order valence-corrected chi connectivity index (χ4v) is 3.58. The molecule has 5 rings (SSSR count). The van der Waals surface area contributed by atoms with Crippen LogP contribution in [0.1, 0.15) is 17.9 Å². The fourth-order valence-electron chi connectivity index (χ4n) is 2.88. The van der Waals surface area contributed by atoms with E-state index < -0.39 is 4.32 Å². The van der Waals surface area contributed by atoms with Crippen LogP contribution < -0.4 is 9.47 Å². The largest absolute Gasteiger partial charge is 0.457 e. The first-order valence-corrected chi connectivity index (χ1v) is 6.95. The molecule has 4 aliphatic rings. The van der Waals surface area contributed by atoms with E-state index >= 15 is 0 Å². The van der Waals surface area contributed by atoms with Crippen molar-refractivity contribution in [3.05, 3.63) is 35.9 Å². The van der Waals surface area contributed by atoms with Crippen molar-refractivity contribution in [2.45, 2.75) is 22.8 Å². The summed E-state index contributed by atoms with van der Waals surface area (Å²) in [7, 11) is 0. The SMILES string of the molecule is O=C1O[C@H]2C=CC1(Br)C(c1ccc3c(c1)OCO3)C2. The summed E-state index contributed by atoms with van der Waals surface area (Å²) in [5.41, 5.74) is 1.06. The standard InChI is InChI=1S/C14H11BrO4/c15-14-4-3-9(19-13(14)16)6-10(14)8-1-2-11-12(5-8)18-7-17-11/h1-5,9-10H,6-7H2/t9-,10?,14?/m0/s1. The smallest absolute Gasteiger partial charge is 0.328 e.